The zero-order valence-corrected chi connectivity index (χ0v) is 20.2. The fourth-order valence-electron chi connectivity index (χ4n) is 4.39. The number of amides is 1. The molecular formula is C25H31N7O2. The van der Waals surface area contributed by atoms with E-state index in [-0.39, 0.29) is 24.6 Å². The highest BCUT2D eigenvalue weighted by atomic mass is 16.5. The zero-order chi connectivity index (χ0) is 24.2. The van der Waals surface area contributed by atoms with Crippen LogP contribution in [-0.4, -0.2) is 56.4 Å². The first-order chi connectivity index (χ1) is 16.4. The van der Waals surface area contributed by atoms with Crippen molar-refractivity contribution in [2.75, 3.05) is 25.5 Å². The van der Waals surface area contributed by atoms with Crippen molar-refractivity contribution >= 4 is 11.7 Å². The molecule has 1 fully saturated rings. The van der Waals surface area contributed by atoms with Crippen molar-refractivity contribution in [3.05, 3.63) is 59.3 Å². The Balaban J connectivity index is 1.44. The zero-order valence-electron chi connectivity index (χ0n) is 20.2. The predicted molar refractivity (Wildman–Crippen MR) is 129 cm³/mol. The smallest absolute Gasteiger partial charge is 0.239 e. The summed E-state index contributed by atoms with van der Waals surface area (Å²) in [5.74, 6) is 0.410. The van der Waals surface area contributed by atoms with Gasteiger partial charge in [-0.3, -0.25) is 9.69 Å². The number of nitrogens with one attached hydrogen (secondary N) is 1. The third-order valence-electron chi connectivity index (χ3n) is 6.72. The quantitative estimate of drug-likeness (QED) is 0.552. The van der Waals surface area contributed by atoms with Crippen LogP contribution in [0.3, 0.4) is 0 Å². The highest BCUT2D eigenvalue weighted by Gasteiger charge is 2.24. The molecule has 1 saturated heterocycles. The molecule has 1 aliphatic heterocycles. The van der Waals surface area contributed by atoms with Gasteiger partial charge in [0.15, 0.2) is 0 Å². The van der Waals surface area contributed by atoms with Crippen molar-refractivity contribution in [2.45, 2.75) is 52.3 Å². The van der Waals surface area contributed by atoms with Crippen LogP contribution in [0.25, 0.3) is 5.69 Å². The number of hydrogen-bond acceptors (Lipinski definition) is 6. The second kappa shape index (κ2) is 10.2. The van der Waals surface area contributed by atoms with Gasteiger partial charge < -0.3 is 14.6 Å². The van der Waals surface area contributed by atoms with Crippen LogP contribution in [0.5, 0.6) is 0 Å². The molecule has 0 aliphatic carbocycles. The van der Waals surface area contributed by atoms with Gasteiger partial charge in [0.1, 0.15) is 24.5 Å². The number of carbonyl (C=O) groups excluding carboxylic acids is 1. The molecule has 1 aromatic carbocycles. The van der Waals surface area contributed by atoms with Crippen molar-refractivity contribution in [3.8, 4) is 11.8 Å². The molecule has 4 rings (SSSR count). The van der Waals surface area contributed by atoms with Crippen molar-refractivity contribution < 1.29 is 9.53 Å². The minimum absolute atomic E-state index is 0.0214. The number of carbonyl (C=O) groups is 1. The van der Waals surface area contributed by atoms with Gasteiger partial charge in [0.05, 0.1) is 30.4 Å². The Morgan fingerprint density at radius 2 is 2.12 bits per heavy atom. The second-order valence-electron chi connectivity index (χ2n) is 8.86. The Hall–Kier alpha value is -3.48. The van der Waals surface area contributed by atoms with E-state index in [2.05, 4.69) is 28.4 Å². The van der Waals surface area contributed by atoms with Crippen molar-refractivity contribution in [1.29, 1.82) is 5.26 Å². The van der Waals surface area contributed by atoms with Crippen LogP contribution in [0.1, 0.15) is 48.2 Å². The molecule has 0 unspecified atom stereocenters. The summed E-state index contributed by atoms with van der Waals surface area (Å²) in [4.78, 5) is 19.0. The third-order valence-corrected chi connectivity index (χ3v) is 6.72. The van der Waals surface area contributed by atoms with E-state index in [1.165, 1.54) is 6.33 Å². The Bertz CT molecular complexity index is 1170. The molecule has 3 heterocycles. The van der Waals surface area contributed by atoms with E-state index in [0.717, 1.165) is 42.0 Å². The molecule has 9 heteroatoms. The lowest BCUT2D eigenvalue weighted by Crippen LogP contribution is -2.33. The van der Waals surface area contributed by atoms with E-state index in [1.807, 2.05) is 54.6 Å². The van der Waals surface area contributed by atoms with E-state index in [1.54, 1.807) is 11.0 Å². The van der Waals surface area contributed by atoms with Crippen molar-refractivity contribution in [1.82, 2.24) is 24.2 Å². The monoisotopic (exact) mass is 461 g/mol. The van der Waals surface area contributed by atoms with Crippen molar-refractivity contribution in [2.24, 2.45) is 0 Å². The van der Waals surface area contributed by atoms with Gasteiger partial charge in [-0.1, -0.05) is 12.1 Å². The molecule has 1 N–H and O–H groups in total. The fourth-order valence-corrected chi connectivity index (χ4v) is 4.39. The maximum atomic E-state index is 13.0. The molecule has 0 bridgehead atoms. The maximum absolute atomic E-state index is 13.0. The first-order valence-electron chi connectivity index (χ1n) is 11.6. The molecular weight excluding hydrogens is 430 g/mol. The number of likely N-dealkylation sites (N-methyl/N-ethyl adjacent to an activating group) is 1. The fraction of sp³-hybridized carbons (Fsp3) is 0.440. The Kier molecular flexibility index (Phi) is 7.10. The summed E-state index contributed by atoms with van der Waals surface area (Å²) in [7, 11) is 1.92. The van der Waals surface area contributed by atoms with Gasteiger partial charge in [-0.25, -0.2) is 9.67 Å². The third kappa shape index (κ3) is 4.88. The summed E-state index contributed by atoms with van der Waals surface area (Å²) in [6.45, 7) is 7.56. The molecule has 2 aromatic heterocycles. The summed E-state index contributed by atoms with van der Waals surface area (Å²) in [5.41, 5.74) is 4.41. The molecule has 0 saturated carbocycles. The first kappa shape index (κ1) is 23.7. The molecule has 34 heavy (non-hydrogen) atoms. The molecule has 1 amide bonds. The predicted octanol–water partition coefficient (Wildman–Crippen LogP) is 3.37. The summed E-state index contributed by atoms with van der Waals surface area (Å²) < 4.78 is 9.52. The first-order valence-corrected chi connectivity index (χ1v) is 11.6. The van der Waals surface area contributed by atoms with E-state index in [9.17, 15) is 10.1 Å². The number of anilines is 1. The minimum atomic E-state index is -0.156. The number of benzene rings is 1. The van der Waals surface area contributed by atoms with Crippen LogP contribution in [-0.2, 0) is 16.1 Å². The van der Waals surface area contributed by atoms with Gasteiger partial charge in [0.2, 0.25) is 5.91 Å². The molecule has 2 atom stereocenters. The Morgan fingerprint density at radius 3 is 2.74 bits per heavy atom. The van der Waals surface area contributed by atoms with Gasteiger partial charge in [0.25, 0.3) is 0 Å². The van der Waals surface area contributed by atoms with E-state index in [4.69, 9.17) is 4.74 Å². The lowest BCUT2D eigenvalue weighted by molar-refractivity contribution is -0.117. The Morgan fingerprint density at radius 1 is 1.35 bits per heavy atom. The number of hydrogen-bond donors (Lipinski definition) is 1. The van der Waals surface area contributed by atoms with Crippen LogP contribution in [0.15, 0.2) is 36.9 Å². The molecule has 9 nitrogen and oxygen atoms in total. The maximum Gasteiger partial charge on any atom is 0.239 e. The molecule has 178 valence electrons. The van der Waals surface area contributed by atoms with Gasteiger partial charge in [-0.15, -0.1) is 0 Å². The van der Waals surface area contributed by atoms with Gasteiger partial charge in [-0.05, 0) is 63.9 Å². The second-order valence-corrected chi connectivity index (χ2v) is 8.86. The topological polar surface area (TPSA) is 101 Å². The molecule has 3 aromatic rings. The van der Waals surface area contributed by atoms with E-state index < -0.39 is 0 Å². The van der Waals surface area contributed by atoms with Crippen LogP contribution in [0.2, 0.25) is 0 Å². The summed E-state index contributed by atoms with van der Waals surface area (Å²) >= 11 is 0. The molecule has 0 radical (unpaired) electrons. The number of nitriles is 1. The average molecular weight is 462 g/mol. The number of aromatic nitrogens is 4. The van der Waals surface area contributed by atoms with Crippen LogP contribution in [0, 0.1) is 25.2 Å². The van der Waals surface area contributed by atoms with Gasteiger partial charge in [0, 0.05) is 18.3 Å². The highest BCUT2D eigenvalue weighted by molar-refractivity contribution is 5.93. The van der Waals surface area contributed by atoms with E-state index in [0.29, 0.717) is 17.9 Å². The lowest BCUT2D eigenvalue weighted by atomic mass is 10.1. The lowest BCUT2D eigenvalue weighted by Gasteiger charge is -2.25. The number of rotatable bonds is 8. The normalized spacial score (nSPS) is 16.5. The van der Waals surface area contributed by atoms with Crippen LogP contribution in [0.4, 0.5) is 5.82 Å². The standard InChI is InChI=1S/C25H31N7O2/c1-17-18(2)31(13-22-6-5-11-34-22)25(23(17)12-26)29-24(33)14-30(4)19(3)20-7-9-21(10-8-20)32-16-27-15-28-32/h7-10,15-16,19,22H,5-6,11,13-14H2,1-4H3,(H,29,33)/t19-,22+/m0/s1. The highest BCUT2D eigenvalue weighted by Crippen LogP contribution is 2.28. The van der Waals surface area contributed by atoms with E-state index >= 15 is 0 Å². The summed E-state index contributed by atoms with van der Waals surface area (Å²) in [6.07, 6.45) is 5.29. The average Bonchev–Trinajstić information content (AvgIpc) is 3.59. The van der Waals surface area contributed by atoms with Gasteiger partial charge in [-0.2, -0.15) is 10.4 Å². The Labute approximate surface area is 200 Å². The summed E-state index contributed by atoms with van der Waals surface area (Å²) in [5, 5.41) is 16.9. The number of nitrogens with zero attached hydrogens (tertiary/aromatic N) is 6. The SMILES string of the molecule is Cc1c(C#N)c(NC(=O)CN(C)[C@@H](C)c2ccc(-n3cncn3)cc2)n(C[C@H]2CCCO2)c1C. The number of ether oxygens (including phenoxy) is 1. The van der Waals surface area contributed by atoms with Crippen LogP contribution >= 0.6 is 0 Å². The van der Waals surface area contributed by atoms with Crippen LogP contribution < -0.4 is 5.32 Å². The minimum Gasteiger partial charge on any atom is -0.376 e. The van der Waals surface area contributed by atoms with Gasteiger partial charge >= 0.3 is 0 Å². The largest absolute Gasteiger partial charge is 0.376 e. The molecule has 1 aliphatic rings. The summed E-state index contributed by atoms with van der Waals surface area (Å²) in [6, 6.07) is 10.3. The molecule has 0 spiro atoms. The van der Waals surface area contributed by atoms with Crippen molar-refractivity contribution in [3.63, 3.8) is 0 Å².